The molecule has 0 bridgehead atoms. The minimum atomic E-state index is -0.142. The van der Waals surface area contributed by atoms with Crippen molar-refractivity contribution in [3.05, 3.63) is 77.7 Å². The van der Waals surface area contributed by atoms with Gasteiger partial charge in [-0.15, -0.1) is 0 Å². The number of nitrogens with zero attached hydrogens (tertiary/aromatic N) is 3. The number of hydrogen-bond donors (Lipinski definition) is 3. The zero-order valence-corrected chi connectivity index (χ0v) is 17.8. The standard InChI is InChI=1S/C24H26N6O/c1-4-7-19(21-13-20(9-10-25)23(27-3)30-16-21)8-5-6-11-28-24-22(17(2)31)12-18(14-26)15-29-24/h4-5,7-8,10,12-13,15-16,25H,1,6,9,11H2,2-3H3,(H,27,30)(H,28,29)/b8-5-,19-7+,25-10?. The molecule has 2 aromatic heterocycles. The van der Waals surface area contributed by atoms with Crippen LogP contribution in [0.1, 0.15) is 40.4 Å². The maximum absolute atomic E-state index is 11.8. The van der Waals surface area contributed by atoms with Gasteiger partial charge in [0.25, 0.3) is 0 Å². The topological polar surface area (TPSA) is 115 Å². The first-order valence-electron chi connectivity index (χ1n) is 9.84. The summed E-state index contributed by atoms with van der Waals surface area (Å²) in [5, 5.41) is 22.6. The molecule has 2 rings (SSSR count). The maximum Gasteiger partial charge on any atom is 0.163 e. The number of rotatable bonds is 11. The first-order valence-corrected chi connectivity index (χ1v) is 9.84. The highest BCUT2D eigenvalue weighted by Crippen LogP contribution is 2.21. The molecule has 0 amide bonds. The van der Waals surface area contributed by atoms with Crippen LogP contribution in [0.3, 0.4) is 0 Å². The summed E-state index contributed by atoms with van der Waals surface area (Å²) in [6.45, 7) is 5.82. The quantitative estimate of drug-likeness (QED) is 0.217. The summed E-state index contributed by atoms with van der Waals surface area (Å²) in [4.78, 5) is 20.4. The van der Waals surface area contributed by atoms with Gasteiger partial charge < -0.3 is 16.0 Å². The Labute approximate surface area is 182 Å². The van der Waals surface area contributed by atoms with E-state index >= 15 is 0 Å². The fourth-order valence-corrected chi connectivity index (χ4v) is 2.95. The van der Waals surface area contributed by atoms with Gasteiger partial charge in [0, 0.05) is 43.5 Å². The fourth-order valence-electron chi connectivity index (χ4n) is 2.95. The summed E-state index contributed by atoms with van der Waals surface area (Å²) in [7, 11) is 1.81. The molecule has 0 aliphatic carbocycles. The number of nitrogens with one attached hydrogen (secondary N) is 3. The Bertz CT molecular complexity index is 1060. The Kier molecular flexibility index (Phi) is 8.87. The number of allylic oxidation sites excluding steroid dienone is 4. The zero-order valence-electron chi connectivity index (χ0n) is 17.8. The lowest BCUT2D eigenvalue weighted by Gasteiger charge is -2.10. The summed E-state index contributed by atoms with van der Waals surface area (Å²) < 4.78 is 0. The zero-order chi connectivity index (χ0) is 22.6. The van der Waals surface area contributed by atoms with Gasteiger partial charge in [-0.05, 0) is 37.3 Å². The van der Waals surface area contributed by atoms with Gasteiger partial charge in [0.2, 0.25) is 0 Å². The third-order valence-corrected chi connectivity index (χ3v) is 4.45. The SMILES string of the molecule is C=C/C=C(\C=C/CCNc1ncc(C#N)cc1C(C)=O)c1cnc(NC)c(CC=N)c1. The second kappa shape index (κ2) is 11.8. The van der Waals surface area contributed by atoms with Gasteiger partial charge in [-0.1, -0.05) is 30.9 Å². The van der Waals surface area contributed by atoms with Crippen molar-refractivity contribution in [1.29, 1.82) is 10.7 Å². The molecular weight excluding hydrogens is 388 g/mol. The van der Waals surface area contributed by atoms with Crippen molar-refractivity contribution in [2.24, 2.45) is 0 Å². The van der Waals surface area contributed by atoms with Crippen molar-refractivity contribution < 1.29 is 4.79 Å². The Morgan fingerprint density at radius 3 is 2.71 bits per heavy atom. The molecule has 2 heterocycles. The number of nitriles is 1. The van der Waals surface area contributed by atoms with E-state index in [1.165, 1.54) is 19.3 Å². The monoisotopic (exact) mass is 414 g/mol. The van der Waals surface area contributed by atoms with E-state index in [9.17, 15) is 4.79 Å². The minimum Gasteiger partial charge on any atom is -0.373 e. The third-order valence-electron chi connectivity index (χ3n) is 4.45. The van der Waals surface area contributed by atoms with E-state index in [2.05, 4.69) is 27.2 Å². The Morgan fingerprint density at radius 2 is 2.06 bits per heavy atom. The lowest BCUT2D eigenvalue weighted by atomic mass is 10.0. The molecular formula is C24H26N6O. The van der Waals surface area contributed by atoms with Crippen LogP contribution in [0.5, 0.6) is 0 Å². The largest absolute Gasteiger partial charge is 0.373 e. The first kappa shape index (κ1) is 23.2. The van der Waals surface area contributed by atoms with Crippen LogP contribution in [0.15, 0.2) is 55.4 Å². The van der Waals surface area contributed by atoms with Gasteiger partial charge in [-0.25, -0.2) is 9.97 Å². The molecule has 0 aromatic carbocycles. The molecule has 0 unspecified atom stereocenters. The number of carbonyl (C=O) groups excluding carboxylic acids is 1. The third kappa shape index (κ3) is 6.47. The van der Waals surface area contributed by atoms with Crippen molar-refractivity contribution >= 4 is 29.2 Å². The van der Waals surface area contributed by atoms with Crippen molar-refractivity contribution in [3.63, 3.8) is 0 Å². The van der Waals surface area contributed by atoms with Crippen LogP contribution in [-0.4, -0.2) is 35.6 Å². The molecule has 31 heavy (non-hydrogen) atoms. The number of aromatic nitrogens is 2. The molecule has 7 heteroatoms. The summed E-state index contributed by atoms with van der Waals surface area (Å²) in [6, 6.07) is 5.56. The number of Topliss-reactive ketones (excluding diaryl/α,β-unsaturated/α-hetero) is 1. The number of pyridine rings is 2. The van der Waals surface area contributed by atoms with E-state index in [4.69, 9.17) is 10.7 Å². The van der Waals surface area contributed by atoms with Gasteiger partial charge in [0.05, 0.1) is 11.1 Å². The van der Waals surface area contributed by atoms with E-state index in [1.54, 1.807) is 18.3 Å². The van der Waals surface area contributed by atoms with Crippen molar-refractivity contribution in [3.8, 4) is 6.07 Å². The molecule has 0 fully saturated rings. The van der Waals surface area contributed by atoms with E-state index in [-0.39, 0.29) is 5.78 Å². The summed E-state index contributed by atoms with van der Waals surface area (Å²) in [6.07, 6.45) is 13.4. The molecule has 0 aliphatic rings. The van der Waals surface area contributed by atoms with Gasteiger partial charge in [-0.2, -0.15) is 5.26 Å². The van der Waals surface area contributed by atoms with Crippen LogP contribution < -0.4 is 10.6 Å². The normalized spacial score (nSPS) is 11.1. The average molecular weight is 415 g/mol. The molecule has 0 saturated carbocycles. The highest BCUT2D eigenvalue weighted by atomic mass is 16.1. The van der Waals surface area contributed by atoms with Crippen LogP contribution in [-0.2, 0) is 6.42 Å². The molecule has 3 N–H and O–H groups in total. The number of anilines is 2. The molecule has 7 nitrogen and oxygen atoms in total. The Morgan fingerprint density at radius 1 is 1.29 bits per heavy atom. The van der Waals surface area contributed by atoms with Crippen LogP contribution in [0, 0.1) is 16.7 Å². The number of hydrogen-bond acceptors (Lipinski definition) is 7. The lowest BCUT2D eigenvalue weighted by molar-refractivity contribution is 0.101. The van der Waals surface area contributed by atoms with Gasteiger partial charge in [0.1, 0.15) is 17.7 Å². The second-order valence-corrected chi connectivity index (χ2v) is 6.65. The second-order valence-electron chi connectivity index (χ2n) is 6.65. The number of ketones is 1. The molecule has 0 radical (unpaired) electrons. The lowest BCUT2D eigenvalue weighted by Crippen LogP contribution is -2.08. The fraction of sp³-hybridized carbons (Fsp3) is 0.208. The summed E-state index contributed by atoms with van der Waals surface area (Å²) in [5.74, 6) is 1.09. The van der Waals surface area contributed by atoms with Crippen LogP contribution >= 0.6 is 0 Å². The van der Waals surface area contributed by atoms with E-state index < -0.39 is 0 Å². The van der Waals surface area contributed by atoms with Crippen molar-refractivity contribution in [1.82, 2.24) is 9.97 Å². The molecule has 2 aromatic rings. The first-order chi connectivity index (χ1) is 15.0. The molecule has 0 atom stereocenters. The number of carbonyl (C=O) groups is 1. The van der Waals surface area contributed by atoms with Crippen LogP contribution in [0.25, 0.3) is 5.57 Å². The van der Waals surface area contributed by atoms with Crippen molar-refractivity contribution in [2.75, 3.05) is 24.2 Å². The molecule has 0 saturated heterocycles. The Balaban J connectivity index is 2.09. The highest BCUT2D eigenvalue weighted by Gasteiger charge is 2.09. The maximum atomic E-state index is 11.8. The highest BCUT2D eigenvalue weighted by molar-refractivity contribution is 5.98. The van der Waals surface area contributed by atoms with Crippen molar-refractivity contribution in [2.45, 2.75) is 19.8 Å². The minimum absolute atomic E-state index is 0.142. The summed E-state index contributed by atoms with van der Waals surface area (Å²) in [5.41, 5.74) is 3.61. The molecule has 0 spiro atoms. The van der Waals surface area contributed by atoms with E-state index in [1.807, 2.05) is 37.4 Å². The predicted octanol–water partition coefficient (Wildman–Crippen LogP) is 4.41. The van der Waals surface area contributed by atoms with Crippen LogP contribution in [0.4, 0.5) is 11.6 Å². The van der Waals surface area contributed by atoms with Crippen LogP contribution in [0.2, 0.25) is 0 Å². The van der Waals surface area contributed by atoms with Gasteiger partial charge in [0.15, 0.2) is 5.78 Å². The molecule has 158 valence electrons. The average Bonchev–Trinajstić information content (AvgIpc) is 2.78. The van der Waals surface area contributed by atoms with Gasteiger partial charge >= 0.3 is 0 Å². The Hall–Kier alpha value is -4.05. The smallest absolute Gasteiger partial charge is 0.163 e. The van der Waals surface area contributed by atoms with E-state index in [0.717, 1.165) is 22.5 Å². The van der Waals surface area contributed by atoms with Gasteiger partial charge in [-0.3, -0.25) is 4.79 Å². The molecule has 0 aliphatic heterocycles. The summed E-state index contributed by atoms with van der Waals surface area (Å²) >= 11 is 0. The predicted molar refractivity (Wildman–Crippen MR) is 126 cm³/mol. The van der Waals surface area contributed by atoms with E-state index in [0.29, 0.717) is 36.3 Å².